The minimum atomic E-state index is -3.98. The molecule has 0 saturated heterocycles. The molecular weight excluding hydrogens is 420 g/mol. The number of rotatable bonds is 8. The molecule has 158 valence electrons. The molecule has 0 saturated carbocycles. The second-order valence-corrected chi connectivity index (χ2v) is 10.9. The molecule has 0 radical (unpaired) electrons. The standard InChI is InChI=1S/C22H24N2O4S2/c1-23(2)29(25,26)21-14-9-15-22(18-21)30(27,28)24(20-12-7-4-8-13-20)17-16-19-10-5-3-6-11-19/h3-15,18H,16-17H2,1-2H3. The van der Waals surface area contributed by atoms with Crippen molar-refractivity contribution in [3.63, 3.8) is 0 Å². The maximum atomic E-state index is 13.5. The molecule has 0 bridgehead atoms. The van der Waals surface area contributed by atoms with Crippen molar-refractivity contribution in [2.75, 3.05) is 24.9 Å². The zero-order valence-electron chi connectivity index (χ0n) is 16.8. The van der Waals surface area contributed by atoms with Crippen LogP contribution >= 0.6 is 0 Å². The SMILES string of the molecule is CN(C)S(=O)(=O)c1cccc(S(=O)(=O)N(CCc2ccccc2)c2ccccc2)c1. The molecule has 8 heteroatoms. The van der Waals surface area contributed by atoms with Crippen molar-refractivity contribution in [3.8, 4) is 0 Å². The number of nitrogens with zero attached hydrogens (tertiary/aromatic N) is 2. The largest absolute Gasteiger partial charge is 0.266 e. The van der Waals surface area contributed by atoms with Gasteiger partial charge in [0.1, 0.15) is 0 Å². The van der Waals surface area contributed by atoms with Gasteiger partial charge in [0.25, 0.3) is 10.0 Å². The average Bonchev–Trinajstić information content (AvgIpc) is 2.75. The van der Waals surface area contributed by atoms with E-state index in [1.165, 1.54) is 42.7 Å². The van der Waals surface area contributed by atoms with Gasteiger partial charge in [-0.25, -0.2) is 21.1 Å². The molecule has 0 spiro atoms. The summed E-state index contributed by atoms with van der Waals surface area (Å²) in [5.74, 6) is 0. The van der Waals surface area contributed by atoms with Crippen LogP contribution in [0, 0.1) is 0 Å². The predicted octanol–water partition coefficient (Wildman–Crippen LogP) is 3.37. The first-order valence-corrected chi connectivity index (χ1v) is 12.3. The monoisotopic (exact) mass is 444 g/mol. The molecule has 3 rings (SSSR count). The number of anilines is 1. The van der Waals surface area contributed by atoms with E-state index in [2.05, 4.69) is 0 Å². The minimum absolute atomic E-state index is 0.0651. The first-order chi connectivity index (χ1) is 14.2. The molecule has 0 aliphatic heterocycles. The molecule has 3 aromatic carbocycles. The Balaban J connectivity index is 2.02. The van der Waals surface area contributed by atoms with Crippen molar-refractivity contribution in [1.82, 2.24) is 4.31 Å². The van der Waals surface area contributed by atoms with E-state index >= 15 is 0 Å². The summed E-state index contributed by atoms with van der Waals surface area (Å²) in [5.41, 5.74) is 1.53. The number of benzene rings is 3. The quantitative estimate of drug-likeness (QED) is 0.534. The number of hydrogen-bond donors (Lipinski definition) is 0. The Morgan fingerprint density at radius 1 is 0.667 bits per heavy atom. The van der Waals surface area contributed by atoms with Crippen LogP contribution in [0.2, 0.25) is 0 Å². The lowest BCUT2D eigenvalue weighted by Gasteiger charge is -2.25. The summed E-state index contributed by atoms with van der Waals surface area (Å²) in [6.07, 6.45) is 0.519. The highest BCUT2D eigenvalue weighted by molar-refractivity contribution is 7.93. The van der Waals surface area contributed by atoms with Gasteiger partial charge < -0.3 is 0 Å². The van der Waals surface area contributed by atoms with Gasteiger partial charge in [-0.3, -0.25) is 4.31 Å². The van der Waals surface area contributed by atoms with E-state index in [1.807, 2.05) is 36.4 Å². The first kappa shape index (κ1) is 22.0. The normalized spacial score (nSPS) is 12.1. The van der Waals surface area contributed by atoms with E-state index in [4.69, 9.17) is 0 Å². The van der Waals surface area contributed by atoms with Crippen LogP contribution in [-0.2, 0) is 26.5 Å². The maximum absolute atomic E-state index is 13.5. The Bertz CT molecular complexity index is 1190. The lowest BCUT2D eigenvalue weighted by molar-refractivity contribution is 0.520. The van der Waals surface area contributed by atoms with Crippen LogP contribution in [0.5, 0.6) is 0 Å². The fourth-order valence-corrected chi connectivity index (χ4v) is 5.53. The molecule has 0 amide bonds. The molecule has 0 aliphatic carbocycles. The van der Waals surface area contributed by atoms with Gasteiger partial charge >= 0.3 is 0 Å². The fraction of sp³-hybridized carbons (Fsp3) is 0.182. The van der Waals surface area contributed by atoms with E-state index in [9.17, 15) is 16.8 Å². The van der Waals surface area contributed by atoms with Crippen LogP contribution < -0.4 is 4.31 Å². The van der Waals surface area contributed by atoms with Crippen LogP contribution in [0.15, 0.2) is 94.7 Å². The summed E-state index contributed by atoms with van der Waals surface area (Å²) in [4.78, 5) is -0.132. The van der Waals surface area contributed by atoms with Gasteiger partial charge in [0.15, 0.2) is 0 Å². The molecule has 0 atom stereocenters. The van der Waals surface area contributed by atoms with Crippen molar-refractivity contribution in [2.45, 2.75) is 16.2 Å². The average molecular weight is 445 g/mol. The Morgan fingerprint density at radius 3 is 1.77 bits per heavy atom. The van der Waals surface area contributed by atoms with Gasteiger partial charge in [0, 0.05) is 20.6 Å². The molecule has 0 fully saturated rings. The molecule has 0 unspecified atom stereocenters. The lowest BCUT2D eigenvalue weighted by atomic mass is 10.1. The van der Waals surface area contributed by atoms with E-state index in [0.29, 0.717) is 12.1 Å². The third-order valence-corrected chi connectivity index (χ3v) is 8.30. The Hall–Kier alpha value is -2.68. The molecule has 0 aromatic heterocycles. The summed E-state index contributed by atoms with van der Waals surface area (Å²) in [5, 5.41) is 0. The topological polar surface area (TPSA) is 74.8 Å². The van der Waals surface area contributed by atoms with Gasteiger partial charge in [-0.2, -0.15) is 0 Å². The molecular formula is C22H24N2O4S2. The van der Waals surface area contributed by atoms with Gasteiger partial charge in [-0.05, 0) is 42.3 Å². The lowest BCUT2D eigenvalue weighted by Crippen LogP contribution is -2.33. The van der Waals surface area contributed by atoms with Crippen LogP contribution in [0.1, 0.15) is 5.56 Å². The third kappa shape index (κ3) is 4.72. The summed E-state index contributed by atoms with van der Waals surface area (Å²) < 4.78 is 54.4. The number of para-hydroxylation sites is 1. The van der Waals surface area contributed by atoms with Crippen molar-refractivity contribution in [3.05, 3.63) is 90.5 Å². The molecule has 0 N–H and O–H groups in total. The second kappa shape index (κ2) is 8.99. The zero-order chi connectivity index (χ0) is 21.8. The molecule has 0 heterocycles. The van der Waals surface area contributed by atoms with Crippen molar-refractivity contribution >= 4 is 25.7 Å². The molecule has 6 nitrogen and oxygen atoms in total. The maximum Gasteiger partial charge on any atom is 0.264 e. The van der Waals surface area contributed by atoms with Crippen LogP contribution in [0.4, 0.5) is 5.69 Å². The summed E-state index contributed by atoms with van der Waals surface area (Å²) in [6.45, 7) is 0.223. The molecule has 30 heavy (non-hydrogen) atoms. The van der Waals surface area contributed by atoms with Crippen molar-refractivity contribution < 1.29 is 16.8 Å². The third-order valence-electron chi connectivity index (χ3n) is 4.66. The highest BCUT2D eigenvalue weighted by Gasteiger charge is 2.27. The van der Waals surface area contributed by atoms with Crippen LogP contribution in [-0.4, -0.2) is 41.8 Å². The summed E-state index contributed by atoms with van der Waals surface area (Å²) in [7, 11) is -4.92. The predicted molar refractivity (Wildman–Crippen MR) is 118 cm³/mol. The highest BCUT2D eigenvalue weighted by Crippen LogP contribution is 2.26. The minimum Gasteiger partial charge on any atom is -0.266 e. The number of sulfonamides is 2. The summed E-state index contributed by atoms with van der Waals surface area (Å²) in [6, 6.07) is 23.9. The number of hydrogen-bond acceptors (Lipinski definition) is 4. The second-order valence-electron chi connectivity index (χ2n) is 6.91. The van der Waals surface area contributed by atoms with Gasteiger partial charge in [-0.15, -0.1) is 0 Å². The van der Waals surface area contributed by atoms with E-state index in [0.717, 1.165) is 9.87 Å². The Morgan fingerprint density at radius 2 is 1.20 bits per heavy atom. The highest BCUT2D eigenvalue weighted by atomic mass is 32.2. The molecule has 3 aromatic rings. The van der Waals surface area contributed by atoms with Gasteiger partial charge in [0.05, 0.1) is 15.5 Å². The van der Waals surface area contributed by atoms with Crippen LogP contribution in [0.3, 0.4) is 0 Å². The Kier molecular flexibility index (Phi) is 6.60. The Labute approximate surface area is 178 Å². The van der Waals surface area contributed by atoms with Gasteiger partial charge in [0.2, 0.25) is 10.0 Å². The van der Waals surface area contributed by atoms with Crippen molar-refractivity contribution in [2.24, 2.45) is 0 Å². The smallest absolute Gasteiger partial charge is 0.264 e. The fourth-order valence-electron chi connectivity index (χ4n) is 2.99. The summed E-state index contributed by atoms with van der Waals surface area (Å²) >= 11 is 0. The van der Waals surface area contributed by atoms with Gasteiger partial charge in [-0.1, -0.05) is 54.6 Å². The zero-order valence-corrected chi connectivity index (χ0v) is 18.5. The van der Waals surface area contributed by atoms with Crippen molar-refractivity contribution in [1.29, 1.82) is 0 Å². The van der Waals surface area contributed by atoms with E-state index < -0.39 is 20.0 Å². The van der Waals surface area contributed by atoms with E-state index in [-0.39, 0.29) is 16.3 Å². The molecule has 0 aliphatic rings. The van der Waals surface area contributed by atoms with E-state index in [1.54, 1.807) is 24.3 Å². The van der Waals surface area contributed by atoms with Crippen LogP contribution in [0.25, 0.3) is 0 Å². The first-order valence-electron chi connectivity index (χ1n) is 9.37.